The van der Waals surface area contributed by atoms with Gasteiger partial charge in [0.15, 0.2) is 5.54 Å². The van der Waals surface area contributed by atoms with Gasteiger partial charge in [-0.25, -0.2) is 0 Å². The lowest BCUT2D eigenvalue weighted by Gasteiger charge is -2.26. The molecule has 0 spiro atoms. The second-order valence-electron chi connectivity index (χ2n) is 4.43. The summed E-state index contributed by atoms with van der Waals surface area (Å²) in [5.74, 6) is -1.98. The maximum atomic E-state index is 12.6. The van der Waals surface area contributed by atoms with Crippen LogP contribution < -0.4 is 16.4 Å². The second kappa shape index (κ2) is 5.90. The predicted octanol–water partition coefficient (Wildman–Crippen LogP) is 1.92. The Hall–Kier alpha value is -1.80. The van der Waals surface area contributed by atoms with E-state index in [0.29, 0.717) is 6.92 Å². The van der Waals surface area contributed by atoms with E-state index in [1.54, 1.807) is 0 Å². The molecule has 1 atom stereocenters. The average molecular weight is 324 g/mol. The summed E-state index contributed by atoms with van der Waals surface area (Å²) in [5, 5.41) is 4.43. The van der Waals surface area contributed by atoms with Crippen LogP contribution in [0.15, 0.2) is 18.2 Å². The Balaban J connectivity index is 3.05. The predicted molar refractivity (Wildman–Crippen MR) is 72.1 cm³/mol. The van der Waals surface area contributed by atoms with Crippen LogP contribution in [0.25, 0.3) is 0 Å². The van der Waals surface area contributed by atoms with Crippen molar-refractivity contribution in [2.24, 2.45) is 5.73 Å². The van der Waals surface area contributed by atoms with E-state index >= 15 is 0 Å². The van der Waals surface area contributed by atoms with Gasteiger partial charge in [0.1, 0.15) is 0 Å². The van der Waals surface area contributed by atoms with Crippen LogP contribution in [0.1, 0.15) is 17.3 Å². The molecule has 0 radical (unpaired) electrons. The molecule has 0 aliphatic carbocycles. The van der Waals surface area contributed by atoms with Crippen molar-refractivity contribution in [1.82, 2.24) is 5.32 Å². The topological polar surface area (TPSA) is 84.2 Å². The van der Waals surface area contributed by atoms with E-state index in [-0.39, 0.29) is 16.3 Å². The lowest BCUT2D eigenvalue weighted by molar-refractivity contribution is -0.184. The highest BCUT2D eigenvalue weighted by Crippen LogP contribution is 2.29. The highest BCUT2D eigenvalue weighted by Gasteiger charge is 2.53. The van der Waals surface area contributed by atoms with Crippen LogP contribution in [0.4, 0.5) is 18.9 Å². The highest BCUT2D eigenvalue weighted by atomic mass is 35.5. The Morgan fingerprint density at radius 2 is 1.86 bits per heavy atom. The lowest BCUT2D eigenvalue weighted by atomic mass is 10.0. The third-order valence-corrected chi connectivity index (χ3v) is 3.09. The van der Waals surface area contributed by atoms with E-state index in [4.69, 9.17) is 17.3 Å². The van der Waals surface area contributed by atoms with E-state index < -0.39 is 23.5 Å². The van der Waals surface area contributed by atoms with Gasteiger partial charge in [-0.2, -0.15) is 13.2 Å². The molecule has 0 aliphatic heterocycles. The Morgan fingerprint density at radius 1 is 1.29 bits per heavy atom. The minimum absolute atomic E-state index is 0.0164. The summed E-state index contributed by atoms with van der Waals surface area (Å²) in [6.07, 6.45) is -4.91. The van der Waals surface area contributed by atoms with Gasteiger partial charge in [0.25, 0.3) is 11.8 Å². The standard InChI is InChI=1S/C12H13ClF3N3O2/c1-11(17,12(14,15)16)10(21)19-6-3-4-8(13)7(5-6)9(20)18-2/h3-5H,17H2,1-2H3,(H,18,20)(H,19,21). The molecular formula is C12H13ClF3N3O2. The van der Waals surface area contributed by atoms with Crippen molar-refractivity contribution >= 4 is 29.1 Å². The molecule has 0 saturated carbocycles. The molecule has 21 heavy (non-hydrogen) atoms. The number of carbonyl (C=O) groups is 2. The molecule has 0 saturated heterocycles. The number of alkyl halides is 3. The number of benzene rings is 1. The first-order chi connectivity index (χ1) is 9.50. The average Bonchev–Trinajstić information content (AvgIpc) is 2.38. The van der Waals surface area contributed by atoms with Crippen molar-refractivity contribution < 1.29 is 22.8 Å². The fourth-order valence-electron chi connectivity index (χ4n) is 1.30. The summed E-state index contributed by atoms with van der Waals surface area (Å²) in [4.78, 5) is 23.1. The van der Waals surface area contributed by atoms with Crippen molar-refractivity contribution in [1.29, 1.82) is 0 Å². The summed E-state index contributed by atoms with van der Waals surface area (Å²) >= 11 is 5.79. The third-order valence-electron chi connectivity index (χ3n) is 2.76. The molecule has 116 valence electrons. The number of nitrogens with one attached hydrogen (secondary N) is 2. The highest BCUT2D eigenvalue weighted by molar-refractivity contribution is 6.34. The van der Waals surface area contributed by atoms with Crippen molar-refractivity contribution in [3.63, 3.8) is 0 Å². The molecule has 4 N–H and O–H groups in total. The van der Waals surface area contributed by atoms with E-state index in [9.17, 15) is 22.8 Å². The van der Waals surface area contributed by atoms with E-state index in [1.165, 1.54) is 19.2 Å². The zero-order chi connectivity index (χ0) is 16.4. The first-order valence-electron chi connectivity index (χ1n) is 5.69. The molecule has 9 heteroatoms. The maximum Gasteiger partial charge on any atom is 0.415 e. The smallest absolute Gasteiger partial charge is 0.355 e. The SMILES string of the molecule is CNC(=O)c1cc(NC(=O)C(C)(N)C(F)(F)F)ccc1Cl. The van der Waals surface area contributed by atoms with Gasteiger partial charge in [0.05, 0.1) is 10.6 Å². The van der Waals surface area contributed by atoms with Gasteiger partial charge >= 0.3 is 6.18 Å². The van der Waals surface area contributed by atoms with Crippen molar-refractivity contribution in [3.8, 4) is 0 Å². The van der Waals surface area contributed by atoms with Gasteiger partial charge in [-0.3, -0.25) is 9.59 Å². The number of amides is 2. The first kappa shape index (κ1) is 17.3. The van der Waals surface area contributed by atoms with E-state index in [0.717, 1.165) is 6.07 Å². The molecule has 0 fully saturated rings. The number of halogens is 4. The number of hydrogen-bond acceptors (Lipinski definition) is 3. The Kier molecular flexibility index (Phi) is 4.85. The first-order valence-corrected chi connectivity index (χ1v) is 6.07. The van der Waals surface area contributed by atoms with Gasteiger partial charge in [-0.05, 0) is 25.1 Å². The molecule has 0 heterocycles. The molecule has 1 aromatic rings. The minimum atomic E-state index is -4.91. The fraction of sp³-hybridized carbons (Fsp3) is 0.333. The van der Waals surface area contributed by atoms with Crippen LogP contribution in [0.5, 0.6) is 0 Å². The van der Waals surface area contributed by atoms with Crippen LogP contribution in [-0.2, 0) is 4.79 Å². The molecule has 1 unspecified atom stereocenters. The molecule has 0 aromatic heterocycles. The van der Waals surface area contributed by atoms with Crippen molar-refractivity contribution in [2.45, 2.75) is 18.6 Å². The van der Waals surface area contributed by atoms with Gasteiger partial charge in [0, 0.05) is 12.7 Å². The molecule has 2 amide bonds. The van der Waals surface area contributed by atoms with Crippen LogP contribution in [0.3, 0.4) is 0 Å². The zero-order valence-corrected chi connectivity index (χ0v) is 11.9. The van der Waals surface area contributed by atoms with E-state index in [2.05, 4.69) is 5.32 Å². The van der Waals surface area contributed by atoms with Crippen LogP contribution in [0.2, 0.25) is 5.02 Å². The monoisotopic (exact) mass is 323 g/mol. The van der Waals surface area contributed by atoms with E-state index in [1.807, 2.05) is 5.32 Å². The van der Waals surface area contributed by atoms with Crippen molar-refractivity contribution in [2.75, 3.05) is 12.4 Å². The van der Waals surface area contributed by atoms with Gasteiger partial charge < -0.3 is 16.4 Å². The fourth-order valence-corrected chi connectivity index (χ4v) is 1.50. The number of carbonyl (C=O) groups excluding carboxylic acids is 2. The van der Waals surface area contributed by atoms with Crippen LogP contribution in [-0.4, -0.2) is 30.6 Å². The molecule has 1 aromatic carbocycles. The second-order valence-corrected chi connectivity index (χ2v) is 4.84. The normalized spacial score (nSPS) is 14.2. The van der Waals surface area contributed by atoms with Gasteiger partial charge in [-0.1, -0.05) is 11.6 Å². The summed E-state index contributed by atoms with van der Waals surface area (Å²) < 4.78 is 37.9. The van der Waals surface area contributed by atoms with Gasteiger partial charge in [0.2, 0.25) is 0 Å². The number of nitrogens with two attached hydrogens (primary N) is 1. The molecule has 1 rings (SSSR count). The summed E-state index contributed by atoms with van der Waals surface area (Å²) in [5.41, 5.74) is 1.93. The lowest BCUT2D eigenvalue weighted by Crippen LogP contribution is -2.59. The Labute approximate surface area is 123 Å². The zero-order valence-electron chi connectivity index (χ0n) is 11.1. The van der Waals surface area contributed by atoms with Gasteiger partial charge in [-0.15, -0.1) is 0 Å². The quantitative estimate of drug-likeness (QED) is 0.794. The van der Waals surface area contributed by atoms with Crippen LogP contribution >= 0.6 is 11.6 Å². The number of hydrogen-bond donors (Lipinski definition) is 3. The van der Waals surface area contributed by atoms with Crippen molar-refractivity contribution in [3.05, 3.63) is 28.8 Å². The number of rotatable bonds is 3. The van der Waals surface area contributed by atoms with Crippen LogP contribution in [0, 0.1) is 0 Å². The molecule has 0 aliphatic rings. The molecular weight excluding hydrogens is 311 g/mol. The Morgan fingerprint density at radius 3 is 2.33 bits per heavy atom. The number of anilines is 1. The molecule has 5 nitrogen and oxygen atoms in total. The molecule has 0 bridgehead atoms. The maximum absolute atomic E-state index is 12.6. The minimum Gasteiger partial charge on any atom is -0.355 e. The Bertz CT molecular complexity index is 573. The summed E-state index contributed by atoms with van der Waals surface area (Å²) in [7, 11) is 1.37. The summed E-state index contributed by atoms with van der Waals surface area (Å²) in [6.45, 7) is 0.553. The summed E-state index contributed by atoms with van der Waals surface area (Å²) in [6, 6.07) is 3.70. The largest absolute Gasteiger partial charge is 0.415 e. The third kappa shape index (κ3) is 3.64.